The van der Waals surface area contributed by atoms with Gasteiger partial charge in [0, 0.05) is 17.7 Å². The van der Waals surface area contributed by atoms with Gasteiger partial charge in [0.05, 0.1) is 51.6 Å². The molecular formula is C23H18ClN3O9S. The van der Waals surface area contributed by atoms with Gasteiger partial charge in [-0.25, -0.2) is 18.0 Å². The zero-order valence-electron chi connectivity index (χ0n) is 19.2. The highest BCUT2D eigenvalue weighted by molar-refractivity contribution is 7.92. The van der Waals surface area contributed by atoms with Crippen LogP contribution in [0.3, 0.4) is 0 Å². The molecule has 14 heteroatoms. The third kappa shape index (κ3) is 6.39. The van der Waals surface area contributed by atoms with Gasteiger partial charge < -0.3 is 14.8 Å². The summed E-state index contributed by atoms with van der Waals surface area (Å²) in [5.41, 5.74) is -0.518. The van der Waals surface area contributed by atoms with Crippen molar-refractivity contribution in [1.29, 1.82) is 0 Å². The number of halogens is 1. The molecule has 0 spiro atoms. The maximum absolute atomic E-state index is 13.1. The second kappa shape index (κ2) is 11.1. The van der Waals surface area contributed by atoms with Crippen molar-refractivity contribution in [2.75, 3.05) is 24.3 Å². The summed E-state index contributed by atoms with van der Waals surface area (Å²) < 4.78 is 37.7. The molecular weight excluding hydrogens is 530 g/mol. The highest BCUT2D eigenvalue weighted by atomic mass is 35.5. The maximum atomic E-state index is 13.1. The van der Waals surface area contributed by atoms with Gasteiger partial charge in [-0.15, -0.1) is 0 Å². The molecule has 3 aromatic rings. The van der Waals surface area contributed by atoms with Crippen LogP contribution in [0.1, 0.15) is 31.1 Å². The summed E-state index contributed by atoms with van der Waals surface area (Å²) >= 11 is 6.13. The van der Waals surface area contributed by atoms with E-state index in [1.165, 1.54) is 42.5 Å². The molecule has 0 aromatic heterocycles. The molecule has 3 aromatic carbocycles. The molecule has 0 atom stereocenters. The Kier molecular flexibility index (Phi) is 8.10. The number of ether oxygens (including phenoxy) is 2. The Morgan fingerprint density at radius 2 is 1.43 bits per heavy atom. The molecule has 0 aliphatic heterocycles. The van der Waals surface area contributed by atoms with Crippen LogP contribution in [0.4, 0.5) is 17.1 Å². The van der Waals surface area contributed by atoms with Gasteiger partial charge in [-0.1, -0.05) is 11.6 Å². The Labute approximate surface area is 215 Å². The molecule has 0 radical (unpaired) electrons. The second-order valence-corrected chi connectivity index (χ2v) is 9.38. The zero-order chi connectivity index (χ0) is 27.3. The number of nitro groups is 1. The normalized spacial score (nSPS) is 10.8. The fourth-order valence-electron chi connectivity index (χ4n) is 3.07. The van der Waals surface area contributed by atoms with Crippen LogP contribution in [-0.2, 0) is 19.5 Å². The number of benzene rings is 3. The second-order valence-electron chi connectivity index (χ2n) is 7.29. The van der Waals surface area contributed by atoms with Crippen LogP contribution in [0.15, 0.2) is 65.6 Å². The summed E-state index contributed by atoms with van der Waals surface area (Å²) in [6, 6.07) is 11.8. The quantitative estimate of drug-likeness (QED) is 0.241. The van der Waals surface area contributed by atoms with Crippen molar-refractivity contribution in [1.82, 2.24) is 0 Å². The first-order chi connectivity index (χ1) is 17.4. The van der Waals surface area contributed by atoms with Crippen LogP contribution in [0.5, 0.6) is 0 Å². The highest BCUT2D eigenvalue weighted by Gasteiger charge is 2.21. The third-order valence-corrected chi connectivity index (χ3v) is 6.57. The Morgan fingerprint density at radius 3 is 1.95 bits per heavy atom. The van der Waals surface area contributed by atoms with Gasteiger partial charge >= 0.3 is 11.9 Å². The number of esters is 2. The van der Waals surface area contributed by atoms with Crippen molar-refractivity contribution >= 4 is 56.5 Å². The summed E-state index contributed by atoms with van der Waals surface area (Å²) in [4.78, 5) is 46.4. The fraction of sp³-hybridized carbons (Fsp3) is 0.0870. The Hall–Kier alpha value is -4.49. The Morgan fingerprint density at radius 1 is 0.865 bits per heavy atom. The zero-order valence-corrected chi connectivity index (χ0v) is 20.8. The molecule has 1 amide bonds. The van der Waals surface area contributed by atoms with E-state index >= 15 is 0 Å². The number of hydrogen-bond donors (Lipinski definition) is 2. The van der Waals surface area contributed by atoms with Crippen LogP contribution >= 0.6 is 11.6 Å². The number of sulfonamides is 1. The average molecular weight is 548 g/mol. The number of rotatable bonds is 8. The molecule has 3 rings (SSSR count). The lowest BCUT2D eigenvalue weighted by atomic mass is 10.1. The fourth-order valence-corrected chi connectivity index (χ4v) is 4.30. The minimum Gasteiger partial charge on any atom is -0.465 e. The van der Waals surface area contributed by atoms with E-state index in [0.29, 0.717) is 0 Å². The van der Waals surface area contributed by atoms with E-state index in [1.54, 1.807) is 0 Å². The molecule has 12 nitrogen and oxygen atoms in total. The van der Waals surface area contributed by atoms with Crippen molar-refractivity contribution in [2.24, 2.45) is 0 Å². The molecule has 0 aliphatic carbocycles. The molecule has 0 fully saturated rings. The summed E-state index contributed by atoms with van der Waals surface area (Å²) in [6.07, 6.45) is 0. The minimum absolute atomic E-state index is 0.0230. The van der Waals surface area contributed by atoms with Gasteiger partial charge in [0.15, 0.2) is 0 Å². The Balaban J connectivity index is 1.91. The lowest BCUT2D eigenvalue weighted by Crippen LogP contribution is -2.16. The molecule has 0 bridgehead atoms. The number of carbonyl (C=O) groups is 3. The summed E-state index contributed by atoms with van der Waals surface area (Å²) in [5.74, 6) is -2.31. The molecule has 0 heterocycles. The molecule has 0 aliphatic rings. The SMILES string of the molecule is COC(=O)c1cc(NS(=O)(=O)c2ccc(Cl)c(NC(=O)c3ccc([N+](=O)[O-])cc3)c2)cc(C(=O)OC)c1. The number of non-ortho nitro benzene ring substituents is 1. The Bertz CT molecular complexity index is 1470. The van der Waals surface area contributed by atoms with Crippen LogP contribution < -0.4 is 10.0 Å². The molecule has 192 valence electrons. The predicted molar refractivity (Wildman–Crippen MR) is 132 cm³/mol. The van der Waals surface area contributed by atoms with Crippen LogP contribution in [0, 0.1) is 10.1 Å². The van der Waals surface area contributed by atoms with E-state index in [4.69, 9.17) is 11.6 Å². The molecule has 0 saturated carbocycles. The molecule has 2 N–H and O–H groups in total. The van der Waals surface area contributed by atoms with Gasteiger partial charge in [-0.05, 0) is 48.5 Å². The van der Waals surface area contributed by atoms with E-state index in [1.807, 2.05) is 0 Å². The largest absolute Gasteiger partial charge is 0.465 e. The molecule has 0 saturated heterocycles. The number of hydrogen-bond acceptors (Lipinski definition) is 9. The van der Waals surface area contributed by atoms with Gasteiger partial charge in [-0.2, -0.15) is 0 Å². The smallest absolute Gasteiger partial charge is 0.337 e. The van der Waals surface area contributed by atoms with Crippen molar-refractivity contribution in [3.8, 4) is 0 Å². The number of nitro benzene ring substituents is 1. The standard InChI is InChI=1S/C23H18ClN3O9S/c1-35-22(29)14-9-15(23(30)36-2)11-16(10-14)26-37(33,34)18-7-8-19(24)20(12-18)25-21(28)13-3-5-17(6-4-13)27(31)32/h3-12,26H,1-2H3,(H,25,28). The lowest BCUT2D eigenvalue weighted by Gasteiger charge is -2.13. The lowest BCUT2D eigenvalue weighted by molar-refractivity contribution is -0.384. The molecule has 37 heavy (non-hydrogen) atoms. The number of anilines is 2. The minimum atomic E-state index is -4.31. The van der Waals surface area contributed by atoms with E-state index in [2.05, 4.69) is 19.5 Å². The maximum Gasteiger partial charge on any atom is 0.337 e. The number of methoxy groups -OCH3 is 2. The number of carbonyl (C=O) groups excluding carboxylic acids is 3. The number of amides is 1. The van der Waals surface area contributed by atoms with Gasteiger partial charge in [0.25, 0.3) is 21.6 Å². The van der Waals surface area contributed by atoms with Gasteiger partial charge in [0.2, 0.25) is 0 Å². The molecule has 0 unspecified atom stereocenters. The van der Waals surface area contributed by atoms with Crippen LogP contribution in [0.25, 0.3) is 0 Å². The first kappa shape index (κ1) is 27.1. The van der Waals surface area contributed by atoms with Gasteiger partial charge in [-0.3, -0.25) is 19.6 Å². The number of nitrogens with zero attached hydrogens (tertiary/aromatic N) is 1. The topological polar surface area (TPSA) is 171 Å². The summed E-state index contributed by atoms with van der Waals surface area (Å²) in [6.45, 7) is 0. The van der Waals surface area contributed by atoms with E-state index in [0.717, 1.165) is 32.4 Å². The average Bonchev–Trinajstić information content (AvgIpc) is 2.88. The van der Waals surface area contributed by atoms with E-state index < -0.39 is 32.8 Å². The van der Waals surface area contributed by atoms with Crippen molar-refractivity contribution in [3.63, 3.8) is 0 Å². The number of nitrogens with one attached hydrogen (secondary N) is 2. The first-order valence-electron chi connectivity index (χ1n) is 10.1. The van der Waals surface area contributed by atoms with Crippen molar-refractivity contribution < 1.29 is 37.2 Å². The predicted octanol–water partition coefficient (Wildman–Crippen LogP) is 3.87. The third-order valence-electron chi connectivity index (χ3n) is 4.86. The highest BCUT2D eigenvalue weighted by Crippen LogP contribution is 2.28. The van der Waals surface area contributed by atoms with E-state index in [9.17, 15) is 32.9 Å². The first-order valence-corrected chi connectivity index (χ1v) is 12.0. The van der Waals surface area contributed by atoms with Crippen molar-refractivity contribution in [2.45, 2.75) is 4.90 Å². The summed E-state index contributed by atoms with van der Waals surface area (Å²) in [7, 11) is -2.06. The van der Waals surface area contributed by atoms with E-state index in [-0.39, 0.29) is 43.7 Å². The van der Waals surface area contributed by atoms with Gasteiger partial charge in [0.1, 0.15) is 0 Å². The monoisotopic (exact) mass is 547 g/mol. The van der Waals surface area contributed by atoms with Crippen LogP contribution in [-0.4, -0.2) is 45.4 Å². The van der Waals surface area contributed by atoms with Crippen molar-refractivity contribution in [3.05, 3.63) is 92.5 Å². The van der Waals surface area contributed by atoms with Crippen LogP contribution in [0.2, 0.25) is 5.02 Å². The summed E-state index contributed by atoms with van der Waals surface area (Å²) in [5, 5.41) is 13.3.